The first kappa shape index (κ1) is 14.7. The van der Waals surface area contributed by atoms with Crippen LogP contribution in [0.15, 0.2) is 24.3 Å². The van der Waals surface area contributed by atoms with E-state index in [0.717, 1.165) is 11.1 Å². The van der Waals surface area contributed by atoms with E-state index in [-0.39, 0.29) is 13.2 Å². The van der Waals surface area contributed by atoms with E-state index in [1.807, 2.05) is 37.3 Å². The lowest BCUT2D eigenvalue weighted by Gasteiger charge is -2.01. The molecular weight excluding hydrogens is 270 g/mol. The van der Waals surface area contributed by atoms with Crippen LogP contribution in [0.1, 0.15) is 18.4 Å². The minimum Gasteiger partial charge on any atom is -0.464 e. The molecule has 7 nitrogen and oxygen atoms in total. The molecule has 0 amide bonds. The van der Waals surface area contributed by atoms with Gasteiger partial charge in [0.1, 0.15) is 0 Å². The van der Waals surface area contributed by atoms with Gasteiger partial charge in [0.2, 0.25) is 5.82 Å². The number of hydrogen-bond acceptors (Lipinski definition) is 6. The number of esters is 1. The average Bonchev–Trinajstić information content (AvgIpc) is 2.93. The van der Waals surface area contributed by atoms with E-state index in [2.05, 4.69) is 15.4 Å². The highest BCUT2D eigenvalue weighted by Gasteiger charge is 2.09. The predicted octanol–water partition coefficient (Wildman–Crippen LogP) is 1.50. The Morgan fingerprint density at radius 1 is 1.38 bits per heavy atom. The molecule has 2 rings (SSSR count). The monoisotopic (exact) mass is 285 g/mol. The zero-order valence-electron chi connectivity index (χ0n) is 11.7. The first-order valence-corrected chi connectivity index (χ1v) is 6.56. The number of aryl methyl sites for hydroxylation is 1. The number of unbranched alkanes of at least 4 members (excludes halogenated alkanes) is 1. The van der Waals surface area contributed by atoms with Gasteiger partial charge in [-0.1, -0.05) is 29.8 Å². The molecule has 0 aliphatic carbocycles. The van der Waals surface area contributed by atoms with Gasteiger partial charge < -0.3 is 4.74 Å². The van der Waals surface area contributed by atoms with Gasteiger partial charge >= 0.3 is 5.97 Å². The van der Waals surface area contributed by atoms with E-state index >= 15 is 0 Å². The van der Waals surface area contributed by atoms with Crippen molar-refractivity contribution in [3.63, 3.8) is 0 Å². The summed E-state index contributed by atoms with van der Waals surface area (Å²) in [5, 5.41) is 20.2. The quantitative estimate of drug-likeness (QED) is 0.589. The van der Waals surface area contributed by atoms with Gasteiger partial charge in [0.25, 0.3) is 0 Å². The highest BCUT2D eigenvalue weighted by atomic mass is 16.5. The molecule has 0 saturated carbocycles. The molecule has 108 valence electrons. The summed E-state index contributed by atoms with van der Waals surface area (Å²) in [5.41, 5.74) is 1.99. The van der Waals surface area contributed by atoms with Crippen LogP contribution < -0.4 is 0 Å². The summed E-state index contributed by atoms with van der Waals surface area (Å²) in [7, 11) is 0. The molecule has 0 spiro atoms. The van der Waals surface area contributed by atoms with Crippen LogP contribution in [0.4, 0.5) is 0 Å². The SMILES string of the molecule is Cc1ccc(-c2nnn(CC(=O)OCCCC#N)n2)cc1. The van der Waals surface area contributed by atoms with Crippen LogP contribution in [0.2, 0.25) is 0 Å². The van der Waals surface area contributed by atoms with Crippen LogP contribution in [0.5, 0.6) is 0 Å². The molecule has 1 heterocycles. The Morgan fingerprint density at radius 2 is 2.14 bits per heavy atom. The Bertz CT molecular complexity index is 642. The Balaban J connectivity index is 1.90. The maximum atomic E-state index is 11.5. The highest BCUT2D eigenvalue weighted by Crippen LogP contribution is 2.13. The lowest BCUT2D eigenvalue weighted by Crippen LogP contribution is -2.16. The lowest BCUT2D eigenvalue weighted by molar-refractivity contribution is -0.144. The topological polar surface area (TPSA) is 93.7 Å². The van der Waals surface area contributed by atoms with Crippen molar-refractivity contribution < 1.29 is 9.53 Å². The van der Waals surface area contributed by atoms with Crippen molar-refractivity contribution in [3.8, 4) is 17.5 Å². The maximum Gasteiger partial charge on any atom is 0.329 e. The average molecular weight is 285 g/mol. The fourth-order valence-electron chi connectivity index (χ4n) is 1.63. The minimum absolute atomic E-state index is 0.0919. The predicted molar refractivity (Wildman–Crippen MR) is 73.8 cm³/mol. The molecule has 0 N–H and O–H groups in total. The lowest BCUT2D eigenvalue weighted by atomic mass is 10.1. The number of carbonyl (C=O) groups excluding carboxylic acids is 1. The molecule has 0 aliphatic rings. The molecule has 0 unspecified atom stereocenters. The van der Waals surface area contributed by atoms with Crippen molar-refractivity contribution in [2.24, 2.45) is 0 Å². The van der Waals surface area contributed by atoms with Gasteiger partial charge in [-0.15, -0.1) is 10.2 Å². The number of rotatable bonds is 6. The van der Waals surface area contributed by atoms with Crippen molar-refractivity contribution in [1.82, 2.24) is 20.2 Å². The molecule has 0 radical (unpaired) electrons. The van der Waals surface area contributed by atoms with Crippen molar-refractivity contribution in [3.05, 3.63) is 29.8 Å². The van der Waals surface area contributed by atoms with Crippen LogP contribution in [-0.4, -0.2) is 32.8 Å². The largest absolute Gasteiger partial charge is 0.464 e. The zero-order chi connectivity index (χ0) is 15.1. The van der Waals surface area contributed by atoms with Gasteiger partial charge in [0.05, 0.1) is 12.7 Å². The van der Waals surface area contributed by atoms with Crippen molar-refractivity contribution in [1.29, 1.82) is 5.26 Å². The van der Waals surface area contributed by atoms with E-state index in [4.69, 9.17) is 10.00 Å². The molecule has 1 aromatic heterocycles. The summed E-state index contributed by atoms with van der Waals surface area (Å²) in [4.78, 5) is 12.7. The van der Waals surface area contributed by atoms with Gasteiger partial charge in [-0.3, -0.25) is 0 Å². The molecule has 2 aromatic rings. The second-order valence-corrected chi connectivity index (χ2v) is 4.49. The molecule has 21 heavy (non-hydrogen) atoms. The summed E-state index contributed by atoms with van der Waals surface area (Å²) in [6.45, 7) is 2.13. The summed E-state index contributed by atoms with van der Waals surface area (Å²) < 4.78 is 4.96. The van der Waals surface area contributed by atoms with Crippen molar-refractivity contribution in [2.45, 2.75) is 26.3 Å². The van der Waals surface area contributed by atoms with Crippen LogP contribution >= 0.6 is 0 Å². The second-order valence-electron chi connectivity index (χ2n) is 4.49. The van der Waals surface area contributed by atoms with Crippen LogP contribution in [0.25, 0.3) is 11.4 Å². The Kier molecular flexibility index (Phi) is 4.99. The molecular formula is C14H15N5O2. The number of aromatic nitrogens is 4. The molecule has 0 aliphatic heterocycles. The number of hydrogen-bond donors (Lipinski definition) is 0. The Labute approximate surface area is 122 Å². The number of nitriles is 1. The number of ether oxygens (including phenoxy) is 1. The molecule has 0 fully saturated rings. The first-order chi connectivity index (χ1) is 10.2. The fraction of sp³-hybridized carbons (Fsp3) is 0.357. The molecule has 0 bridgehead atoms. The summed E-state index contributed by atoms with van der Waals surface area (Å²) in [5.74, 6) is 0.0214. The van der Waals surface area contributed by atoms with Gasteiger partial charge in [0.15, 0.2) is 6.54 Å². The number of tetrazole rings is 1. The summed E-state index contributed by atoms with van der Waals surface area (Å²) >= 11 is 0. The third-order valence-electron chi connectivity index (χ3n) is 2.73. The molecule has 0 atom stereocenters. The van der Waals surface area contributed by atoms with E-state index in [0.29, 0.717) is 18.7 Å². The van der Waals surface area contributed by atoms with Gasteiger partial charge in [-0.2, -0.15) is 10.1 Å². The van der Waals surface area contributed by atoms with Crippen LogP contribution in [-0.2, 0) is 16.1 Å². The summed E-state index contributed by atoms with van der Waals surface area (Å²) in [6, 6.07) is 9.70. The molecule has 1 aromatic carbocycles. The van der Waals surface area contributed by atoms with E-state index in [9.17, 15) is 4.79 Å². The van der Waals surface area contributed by atoms with Crippen LogP contribution in [0.3, 0.4) is 0 Å². The third kappa shape index (κ3) is 4.38. The van der Waals surface area contributed by atoms with E-state index in [1.165, 1.54) is 4.80 Å². The number of benzene rings is 1. The van der Waals surface area contributed by atoms with E-state index < -0.39 is 5.97 Å². The van der Waals surface area contributed by atoms with Gasteiger partial charge in [0, 0.05) is 12.0 Å². The highest BCUT2D eigenvalue weighted by molar-refractivity contribution is 5.68. The van der Waals surface area contributed by atoms with Crippen molar-refractivity contribution >= 4 is 5.97 Å². The molecule has 7 heteroatoms. The minimum atomic E-state index is -0.444. The van der Waals surface area contributed by atoms with Crippen LogP contribution in [0, 0.1) is 18.3 Å². The third-order valence-corrected chi connectivity index (χ3v) is 2.73. The first-order valence-electron chi connectivity index (χ1n) is 6.56. The van der Waals surface area contributed by atoms with E-state index in [1.54, 1.807) is 0 Å². The second kappa shape index (κ2) is 7.14. The maximum absolute atomic E-state index is 11.5. The number of carbonyl (C=O) groups is 1. The standard InChI is InChI=1S/C14H15N5O2/c1-11-4-6-12(7-5-11)14-16-18-19(17-14)10-13(20)21-9-3-2-8-15/h4-7H,2-3,9-10H2,1H3. The molecule has 0 saturated heterocycles. The Morgan fingerprint density at radius 3 is 2.86 bits per heavy atom. The smallest absolute Gasteiger partial charge is 0.329 e. The van der Waals surface area contributed by atoms with Gasteiger partial charge in [-0.05, 0) is 18.6 Å². The zero-order valence-corrected chi connectivity index (χ0v) is 11.7. The van der Waals surface area contributed by atoms with Crippen molar-refractivity contribution in [2.75, 3.05) is 6.61 Å². The summed E-state index contributed by atoms with van der Waals surface area (Å²) in [6.07, 6.45) is 0.897. The Hall–Kier alpha value is -2.75. The van der Waals surface area contributed by atoms with Gasteiger partial charge in [-0.25, -0.2) is 4.79 Å². The number of nitrogens with zero attached hydrogens (tertiary/aromatic N) is 5. The normalized spacial score (nSPS) is 10.1. The fourth-order valence-corrected chi connectivity index (χ4v) is 1.63.